The summed E-state index contributed by atoms with van der Waals surface area (Å²) in [5.74, 6) is 0.609. The van der Waals surface area contributed by atoms with E-state index in [9.17, 15) is 5.11 Å². The van der Waals surface area contributed by atoms with E-state index < -0.39 is 0 Å². The predicted molar refractivity (Wildman–Crippen MR) is 53.8 cm³/mol. The first-order valence-corrected chi connectivity index (χ1v) is 5.03. The standard InChI is InChI=1S/C12H16O/c1-3-8(2)9-4-5-10-7-12(13)11(10)6-9/h4-6,8,12-13H,3,7H2,1-2H3. The molecule has 70 valence electrons. The van der Waals surface area contributed by atoms with Gasteiger partial charge in [-0.2, -0.15) is 0 Å². The number of benzene rings is 1. The van der Waals surface area contributed by atoms with Crippen molar-refractivity contribution >= 4 is 0 Å². The van der Waals surface area contributed by atoms with Crippen molar-refractivity contribution in [3.05, 3.63) is 34.9 Å². The number of rotatable bonds is 2. The molecule has 0 bridgehead atoms. The van der Waals surface area contributed by atoms with Crippen LogP contribution in [0.1, 0.15) is 49.0 Å². The maximum absolute atomic E-state index is 9.48. The summed E-state index contributed by atoms with van der Waals surface area (Å²) in [6, 6.07) is 6.51. The molecule has 1 N–H and O–H groups in total. The van der Waals surface area contributed by atoms with Crippen molar-refractivity contribution in [2.24, 2.45) is 0 Å². The summed E-state index contributed by atoms with van der Waals surface area (Å²) < 4.78 is 0. The van der Waals surface area contributed by atoms with Crippen molar-refractivity contribution in [1.82, 2.24) is 0 Å². The minimum absolute atomic E-state index is 0.195. The van der Waals surface area contributed by atoms with E-state index >= 15 is 0 Å². The fourth-order valence-electron chi connectivity index (χ4n) is 1.84. The summed E-state index contributed by atoms with van der Waals surface area (Å²) >= 11 is 0. The highest BCUT2D eigenvalue weighted by Gasteiger charge is 2.24. The normalized spacial score (nSPS) is 21.9. The molecule has 0 fully saturated rings. The van der Waals surface area contributed by atoms with Crippen molar-refractivity contribution in [2.45, 2.75) is 38.7 Å². The van der Waals surface area contributed by atoms with Gasteiger partial charge in [-0.25, -0.2) is 0 Å². The van der Waals surface area contributed by atoms with Gasteiger partial charge >= 0.3 is 0 Å². The molecule has 2 unspecified atom stereocenters. The van der Waals surface area contributed by atoms with E-state index in [1.165, 1.54) is 11.1 Å². The molecule has 2 rings (SSSR count). The van der Waals surface area contributed by atoms with E-state index in [2.05, 4.69) is 32.0 Å². The van der Waals surface area contributed by atoms with E-state index in [1.807, 2.05) is 0 Å². The lowest BCUT2D eigenvalue weighted by atomic mass is 9.82. The first-order chi connectivity index (χ1) is 6.22. The molecular formula is C12H16O. The van der Waals surface area contributed by atoms with E-state index in [0.29, 0.717) is 5.92 Å². The molecule has 1 nitrogen and oxygen atoms in total. The lowest BCUT2D eigenvalue weighted by Gasteiger charge is -2.27. The Balaban J connectivity index is 2.30. The molecule has 0 aliphatic heterocycles. The summed E-state index contributed by atoms with van der Waals surface area (Å²) in [6.45, 7) is 4.42. The summed E-state index contributed by atoms with van der Waals surface area (Å²) in [7, 11) is 0. The Hall–Kier alpha value is -0.820. The highest BCUT2D eigenvalue weighted by molar-refractivity contribution is 5.41. The van der Waals surface area contributed by atoms with Crippen LogP contribution in [0.2, 0.25) is 0 Å². The molecule has 1 aromatic rings. The van der Waals surface area contributed by atoms with Crippen molar-refractivity contribution in [2.75, 3.05) is 0 Å². The van der Waals surface area contributed by atoms with E-state index in [-0.39, 0.29) is 6.10 Å². The maximum Gasteiger partial charge on any atom is 0.0833 e. The second kappa shape index (κ2) is 3.15. The number of hydrogen-bond acceptors (Lipinski definition) is 1. The average molecular weight is 176 g/mol. The third-order valence-corrected chi connectivity index (χ3v) is 3.12. The number of fused-ring (bicyclic) bond motifs is 1. The topological polar surface area (TPSA) is 20.2 Å². The van der Waals surface area contributed by atoms with Crippen LogP contribution in [-0.4, -0.2) is 5.11 Å². The van der Waals surface area contributed by atoms with Crippen molar-refractivity contribution in [3.63, 3.8) is 0 Å². The molecule has 0 heterocycles. The molecule has 2 atom stereocenters. The zero-order valence-corrected chi connectivity index (χ0v) is 8.25. The monoisotopic (exact) mass is 176 g/mol. The van der Waals surface area contributed by atoms with E-state index in [0.717, 1.165) is 18.4 Å². The van der Waals surface area contributed by atoms with Crippen LogP contribution in [-0.2, 0) is 6.42 Å². The average Bonchev–Trinajstić information content (AvgIpc) is 2.15. The molecule has 1 aliphatic rings. The molecule has 0 aromatic heterocycles. The van der Waals surface area contributed by atoms with Gasteiger partial charge in [-0.05, 0) is 29.0 Å². The van der Waals surface area contributed by atoms with Gasteiger partial charge in [-0.15, -0.1) is 0 Å². The van der Waals surface area contributed by atoms with Crippen LogP contribution in [0.3, 0.4) is 0 Å². The number of aliphatic hydroxyl groups excluding tert-OH is 1. The van der Waals surface area contributed by atoms with Crippen LogP contribution in [0.4, 0.5) is 0 Å². The van der Waals surface area contributed by atoms with Gasteiger partial charge in [0.05, 0.1) is 6.10 Å². The van der Waals surface area contributed by atoms with Crippen molar-refractivity contribution < 1.29 is 5.11 Å². The Morgan fingerprint density at radius 2 is 2.31 bits per heavy atom. The molecule has 0 saturated heterocycles. The second-order valence-electron chi connectivity index (χ2n) is 3.99. The van der Waals surface area contributed by atoms with E-state index in [4.69, 9.17) is 0 Å². The minimum atomic E-state index is -0.195. The Kier molecular flexibility index (Phi) is 2.12. The molecule has 0 radical (unpaired) electrons. The summed E-state index contributed by atoms with van der Waals surface area (Å²) in [4.78, 5) is 0. The van der Waals surface area contributed by atoms with Crippen LogP contribution < -0.4 is 0 Å². The molecule has 0 spiro atoms. The fourth-order valence-corrected chi connectivity index (χ4v) is 1.84. The van der Waals surface area contributed by atoms with E-state index in [1.54, 1.807) is 0 Å². The second-order valence-corrected chi connectivity index (χ2v) is 3.99. The fraction of sp³-hybridized carbons (Fsp3) is 0.500. The summed E-state index contributed by atoms with van der Waals surface area (Å²) in [5, 5.41) is 9.48. The maximum atomic E-state index is 9.48. The van der Waals surface area contributed by atoms with Crippen LogP contribution in [0.15, 0.2) is 18.2 Å². The summed E-state index contributed by atoms with van der Waals surface area (Å²) in [6.07, 6.45) is 1.81. The van der Waals surface area contributed by atoms with Crippen LogP contribution in [0.5, 0.6) is 0 Å². The molecule has 0 saturated carbocycles. The van der Waals surface area contributed by atoms with Crippen molar-refractivity contribution in [3.8, 4) is 0 Å². The lowest BCUT2D eigenvalue weighted by Crippen LogP contribution is -2.16. The third-order valence-electron chi connectivity index (χ3n) is 3.12. The molecular weight excluding hydrogens is 160 g/mol. The SMILES string of the molecule is CCC(C)c1ccc2c(c1)C(O)C2. The highest BCUT2D eigenvalue weighted by atomic mass is 16.3. The van der Waals surface area contributed by atoms with Gasteiger partial charge in [-0.3, -0.25) is 0 Å². The first kappa shape index (κ1) is 8.76. The zero-order chi connectivity index (χ0) is 9.42. The number of hydrogen-bond donors (Lipinski definition) is 1. The Bertz CT molecular complexity index is 317. The Morgan fingerprint density at radius 1 is 1.54 bits per heavy atom. The quantitative estimate of drug-likeness (QED) is 0.734. The predicted octanol–water partition coefficient (Wildman–Crippen LogP) is 2.79. The van der Waals surface area contributed by atoms with Gasteiger partial charge in [0.25, 0.3) is 0 Å². The van der Waals surface area contributed by atoms with Crippen LogP contribution in [0.25, 0.3) is 0 Å². The molecule has 1 aliphatic carbocycles. The van der Waals surface area contributed by atoms with Crippen molar-refractivity contribution in [1.29, 1.82) is 0 Å². The summed E-state index contributed by atoms with van der Waals surface area (Å²) in [5.41, 5.74) is 3.83. The van der Waals surface area contributed by atoms with Gasteiger partial charge in [0.1, 0.15) is 0 Å². The highest BCUT2D eigenvalue weighted by Crippen LogP contribution is 2.35. The van der Waals surface area contributed by atoms with Gasteiger partial charge in [0, 0.05) is 6.42 Å². The first-order valence-electron chi connectivity index (χ1n) is 5.03. The Labute approximate surface area is 79.4 Å². The zero-order valence-electron chi connectivity index (χ0n) is 8.25. The molecule has 1 aromatic carbocycles. The molecule has 1 heteroatoms. The van der Waals surface area contributed by atoms with Crippen LogP contribution in [0, 0.1) is 0 Å². The van der Waals surface area contributed by atoms with Gasteiger partial charge in [0.15, 0.2) is 0 Å². The Morgan fingerprint density at radius 3 is 2.92 bits per heavy atom. The minimum Gasteiger partial charge on any atom is -0.388 e. The third kappa shape index (κ3) is 1.37. The molecule has 13 heavy (non-hydrogen) atoms. The van der Waals surface area contributed by atoms with Gasteiger partial charge < -0.3 is 5.11 Å². The van der Waals surface area contributed by atoms with Gasteiger partial charge in [0.2, 0.25) is 0 Å². The lowest BCUT2D eigenvalue weighted by molar-refractivity contribution is 0.153. The largest absolute Gasteiger partial charge is 0.388 e. The number of aliphatic hydroxyl groups is 1. The smallest absolute Gasteiger partial charge is 0.0833 e. The van der Waals surface area contributed by atoms with Crippen LogP contribution >= 0.6 is 0 Å². The van der Waals surface area contributed by atoms with Gasteiger partial charge in [-0.1, -0.05) is 32.0 Å². The molecule has 0 amide bonds.